The Bertz CT molecular complexity index is 239. The van der Waals surface area contributed by atoms with E-state index < -0.39 is 0 Å². The van der Waals surface area contributed by atoms with E-state index in [1.807, 2.05) is 0 Å². The van der Waals surface area contributed by atoms with Crippen molar-refractivity contribution in [2.45, 2.75) is 49.1 Å². The lowest BCUT2D eigenvalue weighted by atomic mass is 10.1. The van der Waals surface area contributed by atoms with Gasteiger partial charge in [-0.2, -0.15) is 0 Å². The van der Waals surface area contributed by atoms with Gasteiger partial charge in [0.1, 0.15) is 0 Å². The second-order valence-corrected chi connectivity index (χ2v) is 7.52. The SMILES string of the molecule is CCC1(CCC2CCC(=O)N2)SCCS1. The van der Waals surface area contributed by atoms with Crippen LogP contribution < -0.4 is 5.32 Å². The fourth-order valence-corrected chi connectivity index (χ4v) is 5.49. The van der Waals surface area contributed by atoms with E-state index in [1.54, 1.807) is 0 Å². The van der Waals surface area contributed by atoms with Crippen molar-refractivity contribution in [3.63, 3.8) is 0 Å². The Hall–Kier alpha value is 0.170. The van der Waals surface area contributed by atoms with Gasteiger partial charge in [-0.1, -0.05) is 6.92 Å². The molecule has 2 aliphatic heterocycles. The molecule has 0 aromatic carbocycles. The molecule has 2 heterocycles. The minimum absolute atomic E-state index is 0.247. The van der Waals surface area contributed by atoms with Gasteiger partial charge in [0.25, 0.3) is 0 Å². The average molecular weight is 245 g/mol. The summed E-state index contributed by atoms with van der Waals surface area (Å²) in [5.41, 5.74) is 0. The van der Waals surface area contributed by atoms with Gasteiger partial charge in [0, 0.05) is 24.0 Å². The third-order valence-corrected chi connectivity index (χ3v) is 7.13. The Labute approximate surface area is 100 Å². The second kappa shape index (κ2) is 5.00. The van der Waals surface area contributed by atoms with E-state index in [9.17, 15) is 4.79 Å². The van der Waals surface area contributed by atoms with E-state index in [0.29, 0.717) is 10.1 Å². The number of amides is 1. The Balaban J connectivity index is 1.78. The average Bonchev–Trinajstić information content (AvgIpc) is 2.85. The maximum atomic E-state index is 11.1. The van der Waals surface area contributed by atoms with Crippen LogP contribution >= 0.6 is 23.5 Å². The molecule has 2 fully saturated rings. The zero-order chi connectivity index (χ0) is 10.7. The first-order valence-corrected chi connectivity index (χ1v) is 7.78. The molecule has 1 atom stereocenters. The third kappa shape index (κ3) is 2.84. The van der Waals surface area contributed by atoms with Gasteiger partial charge in [-0.3, -0.25) is 4.79 Å². The highest BCUT2D eigenvalue weighted by atomic mass is 32.2. The molecule has 1 N–H and O–H groups in total. The minimum Gasteiger partial charge on any atom is -0.353 e. The Morgan fingerprint density at radius 3 is 2.73 bits per heavy atom. The van der Waals surface area contributed by atoms with Crippen molar-refractivity contribution >= 4 is 29.4 Å². The van der Waals surface area contributed by atoms with Crippen LogP contribution in [0.15, 0.2) is 0 Å². The zero-order valence-corrected chi connectivity index (χ0v) is 10.9. The lowest BCUT2D eigenvalue weighted by Crippen LogP contribution is -2.28. The predicted molar refractivity (Wildman–Crippen MR) is 68.3 cm³/mol. The molecule has 1 amide bonds. The summed E-state index contributed by atoms with van der Waals surface area (Å²) in [5, 5.41) is 3.06. The van der Waals surface area contributed by atoms with E-state index >= 15 is 0 Å². The molecule has 2 aliphatic rings. The highest BCUT2D eigenvalue weighted by molar-refractivity contribution is 8.21. The summed E-state index contributed by atoms with van der Waals surface area (Å²) in [4.78, 5) is 11.1. The number of carbonyl (C=O) groups excluding carboxylic acids is 1. The van der Waals surface area contributed by atoms with Crippen molar-refractivity contribution in [1.29, 1.82) is 0 Å². The molecule has 1 unspecified atom stereocenters. The normalized spacial score (nSPS) is 29.4. The second-order valence-electron chi connectivity index (χ2n) is 4.30. The van der Waals surface area contributed by atoms with Gasteiger partial charge in [0.05, 0.1) is 4.08 Å². The van der Waals surface area contributed by atoms with Crippen LogP contribution in [0, 0.1) is 0 Å². The topological polar surface area (TPSA) is 29.1 Å². The molecule has 0 saturated carbocycles. The summed E-state index contributed by atoms with van der Waals surface area (Å²) in [6.07, 6.45) is 5.46. The van der Waals surface area contributed by atoms with Gasteiger partial charge in [-0.05, 0) is 25.7 Å². The van der Waals surface area contributed by atoms with Crippen molar-refractivity contribution in [3.05, 3.63) is 0 Å². The summed E-state index contributed by atoms with van der Waals surface area (Å²) in [6.45, 7) is 2.29. The van der Waals surface area contributed by atoms with Gasteiger partial charge in [0.15, 0.2) is 0 Å². The number of thioether (sulfide) groups is 2. The van der Waals surface area contributed by atoms with Crippen LogP contribution in [0.3, 0.4) is 0 Å². The summed E-state index contributed by atoms with van der Waals surface area (Å²) < 4.78 is 0.466. The van der Waals surface area contributed by atoms with Crippen LogP contribution in [0.2, 0.25) is 0 Å². The van der Waals surface area contributed by atoms with E-state index in [4.69, 9.17) is 0 Å². The van der Waals surface area contributed by atoms with Crippen LogP contribution in [0.5, 0.6) is 0 Å². The highest BCUT2D eigenvalue weighted by Crippen LogP contribution is 2.49. The molecule has 2 nitrogen and oxygen atoms in total. The zero-order valence-electron chi connectivity index (χ0n) is 9.25. The molecule has 0 aromatic rings. The summed E-state index contributed by atoms with van der Waals surface area (Å²) in [6, 6.07) is 0.461. The highest BCUT2D eigenvalue weighted by Gasteiger charge is 2.34. The van der Waals surface area contributed by atoms with Crippen molar-refractivity contribution < 1.29 is 4.79 Å². The van der Waals surface area contributed by atoms with Gasteiger partial charge in [-0.25, -0.2) is 0 Å². The van der Waals surface area contributed by atoms with Crippen molar-refractivity contribution in [2.24, 2.45) is 0 Å². The standard InChI is InChI=1S/C11H19NOS2/c1-2-11(14-7-8-15-11)6-5-9-3-4-10(13)12-9/h9H,2-8H2,1H3,(H,12,13). The molecular formula is C11H19NOS2. The van der Waals surface area contributed by atoms with Crippen LogP contribution in [-0.2, 0) is 4.79 Å². The maximum Gasteiger partial charge on any atom is 0.220 e. The lowest BCUT2D eigenvalue weighted by Gasteiger charge is -2.26. The van der Waals surface area contributed by atoms with Crippen LogP contribution in [0.1, 0.15) is 39.0 Å². The minimum atomic E-state index is 0.247. The quantitative estimate of drug-likeness (QED) is 0.825. The summed E-state index contributed by atoms with van der Waals surface area (Å²) in [7, 11) is 0. The van der Waals surface area contributed by atoms with Gasteiger partial charge >= 0.3 is 0 Å². The van der Waals surface area contributed by atoms with Gasteiger partial charge in [0.2, 0.25) is 5.91 Å². The van der Waals surface area contributed by atoms with Gasteiger partial charge in [-0.15, -0.1) is 23.5 Å². The molecule has 2 rings (SSSR count). The fraction of sp³-hybridized carbons (Fsp3) is 0.909. The molecule has 0 bridgehead atoms. The van der Waals surface area contributed by atoms with Crippen molar-refractivity contribution in [2.75, 3.05) is 11.5 Å². The Kier molecular flexibility index (Phi) is 3.88. The first-order valence-electron chi connectivity index (χ1n) is 5.81. The monoisotopic (exact) mass is 245 g/mol. The van der Waals surface area contributed by atoms with Gasteiger partial charge < -0.3 is 5.32 Å². The number of hydrogen-bond acceptors (Lipinski definition) is 3. The molecule has 4 heteroatoms. The summed E-state index contributed by atoms with van der Waals surface area (Å²) in [5.74, 6) is 2.85. The van der Waals surface area contributed by atoms with E-state index in [-0.39, 0.29) is 5.91 Å². The maximum absolute atomic E-state index is 11.1. The molecular weight excluding hydrogens is 226 g/mol. The molecule has 0 radical (unpaired) electrons. The predicted octanol–water partition coefficient (Wildman–Crippen LogP) is 2.63. The number of nitrogens with one attached hydrogen (secondary N) is 1. The van der Waals surface area contributed by atoms with E-state index in [2.05, 4.69) is 35.8 Å². The van der Waals surface area contributed by atoms with E-state index in [0.717, 1.165) is 12.8 Å². The van der Waals surface area contributed by atoms with Crippen LogP contribution in [-0.4, -0.2) is 27.5 Å². The molecule has 0 aliphatic carbocycles. The molecule has 0 spiro atoms. The fourth-order valence-electron chi connectivity index (χ4n) is 2.31. The molecule has 86 valence electrons. The largest absolute Gasteiger partial charge is 0.353 e. The first-order chi connectivity index (χ1) is 7.24. The Morgan fingerprint density at radius 2 is 2.20 bits per heavy atom. The van der Waals surface area contributed by atoms with Crippen LogP contribution in [0.4, 0.5) is 0 Å². The molecule has 2 saturated heterocycles. The van der Waals surface area contributed by atoms with Crippen LogP contribution in [0.25, 0.3) is 0 Å². The number of carbonyl (C=O) groups is 1. The smallest absolute Gasteiger partial charge is 0.220 e. The summed E-state index contributed by atoms with van der Waals surface area (Å²) >= 11 is 4.25. The first kappa shape index (κ1) is 11.6. The number of hydrogen-bond donors (Lipinski definition) is 1. The lowest BCUT2D eigenvalue weighted by molar-refractivity contribution is -0.119. The third-order valence-electron chi connectivity index (χ3n) is 3.31. The van der Waals surface area contributed by atoms with E-state index in [1.165, 1.54) is 30.8 Å². The molecule has 0 aromatic heterocycles. The van der Waals surface area contributed by atoms with Crippen molar-refractivity contribution in [3.8, 4) is 0 Å². The Morgan fingerprint density at radius 1 is 1.47 bits per heavy atom. The molecule has 15 heavy (non-hydrogen) atoms. The number of rotatable bonds is 4. The van der Waals surface area contributed by atoms with Crippen molar-refractivity contribution in [1.82, 2.24) is 5.32 Å².